The second-order valence-corrected chi connectivity index (χ2v) is 12.3. The molecule has 0 amide bonds. The average molecular weight is 695 g/mol. The Morgan fingerprint density at radius 2 is 0.795 bits per heavy atom. The van der Waals surface area contributed by atoms with Gasteiger partial charge in [0, 0.05) is 5.41 Å². The minimum Gasteiger partial charge on any atom is -0.358 e. The summed E-state index contributed by atoms with van der Waals surface area (Å²) in [6.07, 6.45) is 17.7. The van der Waals surface area contributed by atoms with Gasteiger partial charge in [0.1, 0.15) is 0 Å². The van der Waals surface area contributed by atoms with Gasteiger partial charge in [-0.1, -0.05) is 106 Å². The van der Waals surface area contributed by atoms with Crippen molar-refractivity contribution >= 4 is 0 Å². The van der Waals surface area contributed by atoms with Crippen molar-refractivity contribution in [3.8, 4) is 0 Å². The Hall–Kier alpha value is -0.690. The van der Waals surface area contributed by atoms with Crippen molar-refractivity contribution in [1.29, 1.82) is 0 Å². The van der Waals surface area contributed by atoms with Crippen LogP contribution in [0.5, 0.6) is 0 Å². The number of rotatable bonds is 4. The molecule has 0 N–H and O–H groups in total. The summed E-state index contributed by atoms with van der Waals surface area (Å²) in [4.78, 5) is 0. The van der Waals surface area contributed by atoms with E-state index in [1.807, 2.05) is 0 Å². The molecule has 39 heavy (non-hydrogen) atoms. The summed E-state index contributed by atoms with van der Waals surface area (Å²) in [5, 5.41) is 0. The standard InChI is InChI=1S/C33H44.CH4.4CH3.Hf/c1-23-15-19-26(20-16-23)33(25-9-3-4-10-25,27-21-17-24(2)18-22-27)32-30-13-7-5-11-28(30)29-12-6-8-14-31(29)32;;;;;;/h15-22,25,28-32H,3-14H2,1-2H3;1H4;4*1H3;/q;;4*-1;+4. The fourth-order valence-electron chi connectivity index (χ4n) is 9.66. The molecule has 216 valence electrons. The molecule has 2 aromatic rings. The summed E-state index contributed by atoms with van der Waals surface area (Å²) in [5.74, 6) is 5.53. The van der Waals surface area contributed by atoms with Gasteiger partial charge >= 0.3 is 25.8 Å². The third-order valence-electron chi connectivity index (χ3n) is 10.8. The Morgan fingerprint density at radius 3 is 1.15 bits per heavy atom. The Labute approximate surface area is 264 Å². The minimum absolute atomic E-state index is 0. The van der Waals surface area contributed by atoms with Gasteiger partial charge in [0.25, 0.3) is 0 Å². The Balaban J connectivity index is 0.00000241. The van der Waals surface area contributed by atoms with Crippen LogP contribution in [-0.2, 0) is 31.3 Å². The first-order valence-corrected chi connectivity index (χ1v) is 14.3. The third kappa shape index (κ3) is 6.54. The summed E-state index contributed by atoms with van der Waals surface area (Å²) >= 11 is 0. The molecule has 1 heteroatoms. The van der Waals surface area contributed by atoms with E-state index >= 15 is 0 Å². The largest absolute Gasteiger partial charge is 4.00 e. The Morgan fingerprint density at radius 1 is 0.487 bits per heavy atom. The molecular formula is C38H60Hf. The molecule has 0 bridgehead atoms. The monoisotopic (exact) mass is 696 g/mol. The Bertz CT molecular complexity index is 868. The summed E-state index contributed by atoms with van der Waals surface area (Å²) < 4.78 is 0. The van der Waals surface area contributed by atoms with Crippen LogP contribution in [0.2, 0.25) is 0 Å². The SMILES string of the molecule is C.Cc1ccc(C(c2ccc(C)cc2)(C2CCCC2)C2C3CCCCC3C3CCCCC32)cc1.[CH3-].[CH3-].[CH3-].[CH3-].[Hf+4]. The molecule has 4 aliphatic carbocycles. The average Bonchev–Trinajstić information content (AvgIpc) is 3.50. The predicted molar refractivity (Wildman–Crippen MR) is 172 cm³/mol. The maximum absolute atomic E-state index is 2.56. The molecule has 6 rings (SSSR count). The molecule has 4 aliphatic rings. The van der Waals surface area contributed by atoms with Crippen LogP contribution in [0, 0.1) is 79.1 Å². The van der Waals surface area contributed by atoms with Crippen LogP contribution < -0.4 is 0 Å². The van der Waals surface area contributed by atoms with Crippen LogP contribution in [0.1, 0.15) is 107 Å². The van der Waals surface area contributed by atoms with Gasteiger partial charge in [0.2, 0.25) is 0 Å². The number of hydrogen-bond donors (Lipinski definition) is 0. The summed E-state index contributed by atoms with van der Waals surface area (Å²) in [5.41, 5.74) is 6.32. The normalized spacial score (nSPS) is 27.5. The first kappa shape index (κ1) is 38.3. The fraction of sp³-hybridized carbons (Fsp3) is 0.579. The summed E-state index contributed by atoms with van der Waals surface area (Å²) in [6.45, 7) is 4.52. The van der Waals surface area contributed by atoms with E-state index in [9.17, 15) is 0 Å². The molecule has 0 spiro atoms. The van der Waals surface area contributed by atoms with Gasteiger partial charge in [0.15, 0.2) is 0 Å². The maximum Gasteiger partial charge on any atom is 4.00 e. The van der Waals surface area contributed by atoms with E-state index in [1.54, 1.807) is 11.1 Å². The van der Waals surface area contributed by atoms with E-state index in [-0.39, 0.29) is 68.4 Å². The quantitative estimate of drug-likeness (QED) is 0.221. The molecule has 0 radical (unpaired) electrons. The molecule has 0 nitrogen and oxygen atoms in total. The van der Waals surface area contributed by atoms with Crippen LogP contribution in [-0.4, -0.2) is 0 Å². The molecule has 0 aromatic heterocycles. The van der Waals surface area contributed by atoms with E-state index in [0.717, 1.165) is 35.5 Å². The van der Waals surface area contributed by atoms with Crippen LogP contribution in [0.3, 0.4) is 0 Å². The summed E-state index contributed by atoms with van der Waals surface area (Å²) in [6, 6.07) is 19.9. The topological polar surface area (TPSA) is 0 Å². The number of hydrogen-bond acceptors (Lipinski definition) is 0. The molecule has 4 unspecified atom stereocenters. The fourth-order valence-corrected chi connectivity index (χ4v) is 9.66. The van der Waals surface area contributed by atoms with Crippen LogP contribution in [0.15, 0.2) is 48.5 Å². The van der Waals surface area contributed by atoms with Crippen molar-refractivity contribution in [1.82, 2.24) is 0 Å². The molecule has 4 saturated carbocycles. The van der Waals surface area contributed by atoms with Gasteiger partial charge in [-0.3, -0.25) is 0 Å². The molecule has 4 fully saturated rings. The van der Waals surface area contributed by atoms with E-state index in [2.05, 4.69) is 62.4 Å². The zero-order valence-corrected chi connectivity index (χ0v) is 29.2. The van der Waals surface area contributed by atoms with Crippen molar-refractivity contribution in [2.75, 3.05) is 0 Å². The molecule has 0 saturated heterocycles. The van der Waals surface area contributed by atoms with E-state index in [4.69, 9.17) is 0 Å². The van der Waals surface area contributed by atoms with Gasteiger partial charge in [-0.2, -0.15) is 0 Å². The van der Waals surface area contributed by atoms with Gasteiger partial charge < -0.3 is 29.7 Å². The van der Waals surface area contributed by atoms with Crippen molar-refractivity contribution in [3.05, 3.63) is 100 Å². The number of fused-ring (bicyclic) bond motifs is 3. The first-order chi connectivity index (χ1) is 16.2. The third-order valence-corrected chi connectivity index (χ3v) is 10.8. The van der Waals surface area contributed by atoms with Crippen LogP contribution in [0.4, 0.5) is 0 Å². The van der Waals surface area contributed by atoms with Crippen LogP contribution >= 0.6 is 0 Å². The zero-order chi connectivity index (χ0) is 22.4. The smallest absolute Gasteiger partial charge is 0.358 e. The maximum atomic E-state index is 2.56. The minimum atomic E-state index is 0. The molecule has 2 aromatic carbocycles. The van der Waals surface area contributed by atoms with Gasteiger partial charge in [-0.25, -0.2) is 0 Å². The van der Waals surface area contributed by atoms with Crippen molar-refractivity contribution in [3.63, 3.8) is 0 Å². The van der Waals surface area contributed by atoms with Gasteiger partial charge in [-0.15, -0.1) is 0 Å². The van der Waals surface area contributed by atoms with Gasteiger partial charge in [-0.05, 0) is 99.0 Å². The number of aryl methyl sites for hydroxylation is 2. The molecule has 0 heterocycles. The van der Waals surface area contributed by atoms with E-state index in [1.165, 1.54) is 88.2 Å². The van der Waals surface area contributed by atoms with E-state index in [0.29, 0.717) is 0 Å². The summed E-state index contributed by atoms with van der Waals surface area (Å²) in [7, 11) is 0. The second-order valence-electron chi connectivity index (χ2n) is 12.3. The molecule has 0 aliphatic heterocycles. The zero-order valence-electron chi connectivity index (χ0n) is 25.6. The Kier molecular flexibility index (Phi) is 15.8. The van der Waals surface area contributed by atoms with E-state index < -0.39 is 0 Å². The first-order valence-electron chi connectivity index (χ1n) is 14.3. The van der Waals surface area contributed by atoms with Crippen molar-refractivity contribution < 1.29 is 25.8 Å². The predicted octanol–water partition coefficient (Wildman–Crippen LogP) is 11.5. The second kappa shape index (κ2) is 16.1. The van der Waals surface area contributed by atoms with Crippen molar-refractivity contribution in [2.24, 2.45) is 35.5 Å². The molecule has 4 atom stereocenters. The van der Waals surface area contributed by atoms with Crippen LogP contribution in [0.25, 0.3) is 0 Å². The van der Waals surface area contributed by atoms with Crippen molar-refractivity contribution in [2.45, 2.75) is 104 Å². The number of benzene rings is 2. The van der Waals surface area contributed by atoms with Gasteiger partial charge in [0.05, 0.1) is 0 Å². The molecular weight excluding hydrogens is 635 g/mol.